The fraction of sp³-hybridized carbons (Fsp3) is 0.333. The number of rotatable bonds is 4. The van der Waals surface area contributed by atoms with E-state index in [9.17, 15) is 0 Å². The summed E-state index contributed by atoms with van der Waals surface area (Å²) in [5.41, 5.74) is 8.58. The lowest BCUT2D eigenvalue weighted by atomic mass is 9.97. The Kier molecular flexibility index (Phi) is 5.17. The maximum Gasteiger partial charge on any atom is 0.170 e. The fourth-order valence-electron chi connectivity index (χ4n) is 4.65. The molecule has 0 saturated carbocycles. The van der Waals surface area contributed by atoms with Crippen LogP contribution in [0.5, 0.6) is 0 Å². The van der Waals surface area contributed by atoms with E-state index in [1.54, 1.807) is 0 Å². The summed E-state index contributed by atoms with van der Waals surface area (Å²) in [6, 6.07) is 15.3. The second-order valence-corrected chi connectivity index (χ2v) is 8.31. The molecule has 1 saturated heterocycles. The summed E-state index contributed by atoms with van der Waals surface area (Å²) in [5, 5.41) is 4.31. The van der Waals surface area contributed by atoms with Gasteiger partial charge in [-0.15, -0.1) is 0 Å². The maximum absolute atomic E-state index is 5.68. The number of nitrogens with one attached hydrogen (secondary N) is 1. The first-order valence-electron chi connectivity index (χ1n) is 10.2. The van der Waals surface area contributed by atoms with Crippen LogP contribution in [-0.2, 0) is 0 Å². The van der Waals surface area contributed by atoms with Crippen LogP contribution in [0.4, 0.5) is 0 Å². The number of benzene rings is 1. The van der Waals surface area contributed by atoms with Gasteiger partial charge in [0.2, 0.25) is 0 Å². The SMILES string of the molecule is CCN1C(=S)N[C@H](c2ccccn2)[C@@H]1c1cc(C)n(-c2cc(C)cc(C)c2)c1C. The van der Waals surface area contributed by atoms with Gasteiger partial charge in [0.25, 0.3) is 0 Å². The number of pyridine rings is 1. The van der Waals surface area contributed by atoms with Crippen LogP contribution in [0.3, 0.4) is 0 Å². The van der Waals surface area contributed by atoms with Crippen LogP contribution in [0.25, 0.3) is 5.69 Å². The molecular weight excluding hydrogens is 376 g/mol. The molecule has 29 heavy (non-hydrogen) atoms. The fourth-order valence-corrected chi connectivity index (χ4v) is 5.02. The summed E-state index contributed by atoms with van der Waals surface area (Å²) in [7, 11) is 0. The molecule has 0 radical (unpaired) electrons. The third kappa shape index (κ3) is 3.44. The minimum absolute atomic E-state index is 0.0387. The van der Waals surface area contributed by atoms with Crippen LogP contribution in [0.15, 0.2) is 48.7 Å². The molecule has 150 valence electrons. The zero-order valence-corrected chi connectivity index (χ0v) is 18.5. The Hall–Kier alpha value is -2.66. The summed E-state index contributed by atoms with van der Waals surface area (Å²) < 4.78 is 2.36. The molecule has 3 heterocycles. The van der Waals surface area contributed by atoms with Crippen LogP contribution in [0.1, 0.15) is 52.8 Å². The van der Waals surface area contributed by atoms with E-state index in [2.05, 4.69) is 84.7 Å². The first kappa shape index (κ1) is 19.6. The van der Waals surface area contributed by atoms with Crippen molar-refractivity contribution in [3.63, 3.8) is 0 Å². The van der Waals surface area contributed by atoms with Crippen LogP contribution >= 0.6 is 12.2 Å². The average Bonchev–Trinajstić information content (AvgIpc) is 3.16. The highest BCUT2D eigenvalue weighted by Crippen LogP contribution is 2.41. The molecule has 0 unspecified atom stereocenters. The second-order valence-electron chi connectivity index (χ2n) is 7.92. The van der Waals surface area contributed by atoms with Gasteiger partial charge in [-0.05, 0) is 93.9 Å². The number of thiocarbonyl (C=S) groups is 1. The molecule has 4 rings (SSSR count). The van der Waals surface area contributed by atoms with Gasteiger partial charge in [-0.3, -0.25) is 4.98 Å². The van der Waals surface area contributed by atoms with Crippen molar-refractivity contribution in [2.24, 2.45) is 0 Å². The Morgan fingerprint density at radius 1 is 1.03 bits per heavy atom. The predicted molar refractivity (Wildman–Crippen MR) is 123 cm³/mol. The molecule has 4 nitrogen and oxygen atoms in total. The lowest BCUT2D eigenvalue weighted by Crippen LogP contribution is -2.29. The van der Waals surface area contributed by atoms with Gasteiger partial charge in [-0.1, -0.05) is 12.1 Å². The number of hydrogen-bond donors (Lipinski definition) is 1. The topological polar surface area (TPSA) is 33.1 Å². The van der Waals surface area contributed by atoms with Crippen LogP contribution in [-0.4, -0.2) is 26.1 Å². The van der Waals surface area contributed by atoms with Gasteiger partial charge < -0.3 is 14.8 Å². The average molecular weight is 405 g/mol. The summed E-state index contributed by atoms with van der Waals surface area (Å²) in [5.74, 6) is 0. The quantitative estimate of drug-likeness (QED) is 0.614. The minimum Gasteiger partial charge on any atom is -0.352 e. The number of aryl methyl sites for hydroxylation is 3. The summed E-state index contributed by atoms with van der Waals surface area (Å²) in [4.78, 5) is 6.90. The second kappa shape index (κ2) is 7.64. The van der Waals surface area contributed by atoms with Crippen molar-refractivity contribution >= 4 is 17.3 Å². The van der Waals surface area contributed by atoms with E-state index in [4.69, 9.17) is 12.2 Å². The van der Waals surface area contributed by atoms with Crippen LogP contribution in [0, 0.1) is 27.7 Å². The van der Waals surface area contributed by atoms with Crippen molar-refractivity contribution in [1.82, 2.24) is 19.8 Å². The van der Waals surface area contributed by atoms with E-state index < -0.39 is 0 Å². The lowest BCUT2D eigenvalue weighted by Gasteiger charge is -2.27. The van der Waals surface area contributed by atoms with Crippen LogP contribution in [0.2, 0.25) is 0 Å². The predicted octanol–water partition coefficient (Wildman–Crippen LogP) is 5.10. The first-order chi connectivity index (χ1) is 13.9. The Morgan fingerprint density at radius 3 is 2.38 bits per heavy atom. The zero-order chi connectivity index (χ0) is 20.7. The molecule has 0 aliphatic carbocycles. The molecule has 1 aliphatic heterocycles. The number of likely N-dealkylation sites (N-methyl/N-ethyl adjacent to an activating group) is 1. The van der Waals surface area contributed by atoms with Gasteiger partial charge >= 0.3 is 0 Å². The molecule has 2 atom stereocenters. The third-order valence-corrected chi connectivity index (χ3v) is 6.14. The van der Waals surface area contributed by atoms with Crippen molar-refractivity contribution in [2.45, 2.75) is 46.7 Å². The molecule has 3 aromatic rings. The van der Waals surface area contributed by atoms with Crippen molar-refractivity contribution < 1.29 is 0 Å². The normalized spacial score (nSPS) is 18.9. The summed E-state index contributed by atoms with van der Waals surface area (Å²) in [6.45, 7) is 11.7. The van der Waals surface area contributed by atoms with Gasteiger partial charge in [0, 0.05) is 29.8 Å². The monoisotopic (exact) mass is 404 g/mol. The van der Waals surface area contributed by atoms with Gasteiger partial charge in [0.15, 0.2) is 5.11 Å². The summed E-state index contributed by atoms with van der Waals surface area (Å²) in [6.07, 6.45) is 1.85. The molecule has 1 aliphatic rings. The number of nitrogens with zero attached hydrogens (tertiary/aromatic N) is 3. The smallest absolute Gasteiger partial charge is 0.170 e. The Morgan fingerprint density at radius 2 is 1.76 bits per heavy atom. The molecule has 1 N–H and O–H groups in total. The van der Waals surface area contributed by atoms with E-state index in [1.165, 1.54) is 33.8 Å². The molecule has 5 heteroatoms. The Balaban J connectivity index is 1.85. The van der Waals surface area contributed by atoms with E-state index in [-0.39, 0.29) is 12.1 Å². The molecular formula is C24H28N4S. The standard InChI is InChI=1S/C24H28N4S/c1-6-27-23(22(26-24(27)29)21-9-7-8-10-25-21)20-14-17(4)28(18(20)5)19-12-15(2)11-16(3)13-19/h7-14,22-23H,6H2,1-5H3,(H,26,29)/t22-,23+/m1/s1. The summed E-state index contributed by atoms with van der Waals surface area (Å²) >= 11 is 5.68. The molecule has 0 spiro atoms. The van der Waals surface area contributed by atoms with E-state index >= 15 is 0 Å². The molecule has 1 aromatic carbocycles. The zero-order valence-electron chi connectivity index (χ0n) is 17.7. The van der Waals surface area contributed by atoms with Crippen molar-refractivity contribution in [2.75, 3.05) is 6.54 Å². The molecule has 2 aromatic heterocycles. The van der Waals surface area contributed by atoms with E-state index in [1.807, 2.05) is 18.3 Å². The number of aromatic nitrogens is 2. The highest BCUT2D eigenvalue weighted by atomic mass is 32.1. The minimum atomic E-state index is 0.0387. The van der Waals surface area contributed by atoms with Gasteiger partial charge in [-0.2, -0.15) is 0 Å². The largest absolute Gasteiger partial charge is 0.352 e. The van der Waals surface area contributed by atoms with Crippen molar-refractivity contribution in [1.29, 1.82) is 0 Å². The van der Waals surface area contributed by atoms with Gasteiger partial charge in [0.1, 0.15) is 0 Å². The third-order valence-electron chi connectivity index (χ3n) is 5.79. The highest BCUT2D eigenvalue weighted by molar-refractivity contribution is 7.80. The van der Waals surface area contributed by atoms with Gasteiger partial charge in [-0.25, -0.2) is 0 Å². The molecule has 0 amide bonds. The van der Waals surface area contributed by atoms with Gasteiger partial charge in [0.05, 0.1) is 17.8 Å². The molecule has 1 fully saturated rings. The lowest BCUT2D eigenvalue weighted by molar-refractivity contribution is 0.329. The van der Waals surface area contributed by atoms with Crippen molar-refractivity contribution in [3.05, 3.63) is 82.4 Å². The Labute approximate surface area is 178 Å². The first-order valence-corrected chi connectivity index (χ1v) is 10.6. The maximum atomic E-state index is 5.68. The highest BCUT2D eigenvalue weighted by Gasteiger charge is 2.40. The van der Waals surface area contributed by atoms with Crippen molar-refractivity contribution in [3.8, 4) is 5.69 Å². The van der Waals surface area contributed by atoms with E-state index in [0.717, 1.165) is 17.4 Å². The van der Waals surface area contributed by atoms with E-state index in [0.29, 0.717) is 0 Å². The molecule has 0 bridgehead atoms. The van der Waals surface area contributed by atoms with Crippen LogP contribution < -0.4 is 5.32 Å². The Bertz CT molecular complexity index is 1030. The number of hydrogen-bond acceptors (Lipinski definition) is 2.